The van der Waals surface area contributed by atoms with Crippen LogP contribution in [-0.2, 0) is 10.0 Å². The first kappa shape index (κ1) is 16.7. The van der Waals surface area contributed by atoms with Crippen molar-refractivity contribution < 1.29 is 8.42 Å². The van der Waals surface area contributed by atoms with E-state index in [0.717, 1.165) is 11.1 Å². The van der Waals surface area contributed by atoms with E-state index in [2.05, 4.69) is 10.8 Å². The molecule has 22 heavy (non-hydrogen) atoms. The maximum atomic E-state index is 12.1. The second-order valence-corrected chi connectivity index (χ2v) is 7.64. The van der Waals surface area contributed by atoms with E-state index in [1.807, 2.05) is 23.8 Å². The zero-order valence-corrected chi connectivity index (χ0v) is 14.0. The Balaban J connectivity index is 1.85. The molecule has 0 saturated heterocycles. The molecule has 0 aliphatic rings. The van der Waals surface area contributed by atoms with Crippen LogP contribution < -0.4 is 4.72 Å². The van der Waals surface area contributed by atoms with E-state index in [1.165, 1.54) is 0 Å². The third-order valence-corrected chi connectivity index (χ3v) is 5.57. The number of nitrogens with zero attached hydrogens (tertiary/aromatic N) is 1. The van der Waals surface area contributed by atoms with Gasteiger partial charge in [0.15, 0.2) is 0 Å². The van der Waals surface area contributed by atoms with E-state index >= 15 is 0 Å². The lowest BCUT2D eigenvalue weighted by molar-refractivity contribution is 0.574. The van der Waals surface area contributed by atoms with Crippen LogP contribution >= 0.6 is 11.3 Å². The third-order valence-electron chi connectivity index (χ3n) is 3.39. The average Bonchev–Trinajstić information content (AvgIpc) is 3.02. The van der Waals surface area contributed by atoms with Crippen molar-refractivity contribution in [1.82, 2.24) is 4.72 Å². The van der Waals surface area contributed by atoms with Crippen LogP contribution in [0.15, 0.2) is 46.0 Å². The maximum absolute atomic E-state index is 12.1. The standard InChI is InChI=1S/C16H18N2O2S2/c1-13-4-6-16(7-5-13)22(19,20)18-9-2-3-14(11-17)15-8-10-21-12-15/h4-8,10,12,14,18H,2-3,9H2,1H3/t14-/m0/s1. The molecule has 0 unspecified atom stereocenters. The number of nitrogens with one attached hydrogen (secondary N) is 1. The van der Waals surface area contributed by atoms with Gasteiger partial charge in [-0.2, -0.15) is 16.6 Å². The van der Waals surface area contributed by atoms with Gasteiger partial charge in [0.2, 0.25) is 10.0 Å². The van der Waals surface area contributed by atoms with Crippen molar-refractivity contribution in [2.24, 2.45) is 0 Å². The van der Waals surface area contributed by atoms with Gasteiger partial charge in [0.05, 0.1) is 16.9 Å². The van der Waals surface area contributed by atoms with Crippen molar-refractivity contribution >= 4 is 21.4 Å². The highest BCUT2D eigenvalue weighted by atomic mass is 32.2. The molecule has 0 aliphatic carbocycles. The van der Waals surface area contributed by atoms with Gasteiger partial charge in [0.25, 0.3) is 0 Å². The zero-order chi connectivity index (χ0) is 16.0. The van der Waals surface area contributed by atoms with Crippen LogP contribution in [0.5, 0.6) is 0 Å². The van der Waals surface area contributed by atoms with Crippen LogP contribution in [0.4, 0.5) is 0 Å². The molecular formula is C16H18N2O2S2. The second kappa shape index (κ2) is 7.54. The Bertz CT molecular complexity index is 729. The number of hydrogen-bond donors (Lipinski definition) is 1. The first-order valence-corrected chi connectivity index (χ1v) is 9.43. The summed E-state index contributed by atoms with van der Waals surface area (Å²) >= 11 is 1.56. The number of aryl methyl sites for hydroxylation is 1. The predicted molar refractivity (Wildman–Crippen MR) is 88.3 cm³/mol. The van der Waals surface area contributed by atoms with Gasteiger partial charge >= 0.3 is 0 Å². The molecule has 1 heterocycles. The fraction of sp³-hybridized carbons (Fsp3) is 0.312. The van der Waals surface area contributed by atoms with Crippen LogP contribution in [0.1, 0.15) is 29.9 Å². The van der Waals surface area contributed by atoms with Crippen molar-refractivity contribution in [2.75, 3.05) is 6.54 Å². The summed E-state index contributed by atoms with van der Waals surface area (Å²) in [5.74, 6) is -0.171. The van der Waals surface area contributed by atoms with Crippen LogP contribution in [0.3, 0.4) is 0 Å². The Morgan fingerprint density at radius 1 is 1.27 bits per heavy atom. The molecule has 6 heteroatoms. The topological polar surface area (TPSA) is 70.0 Å². The van der Waals surface area contributed by atoms with E-state index in [-0.39, 0.29) is 10.8 Å². The van der Waals surface area contributed by atoms with Crippen LogP contribution in [-0.4, -0.2) is 15.0 Å². The van der Waals surface area contributed by atoms with E-state index in [0.29, 0.717) is 19.4 Å². The lowest BCUT2D eigenvalue weighted by atomic mass is 9.99. The summed E-state index contributed by atoms with van der Waals surface area (Å²) in [6.07, 6.45) is 1.27. The summed E-state index contributed by atoms with van der Waals surface area (Å²) in [4.78, 5) is 0.271. The van der Waals surface area contributed by atoms with Crippen LogP contribution in [0.25, 0.3) is 0 Å². The van der Waals surface area contributed by atoms with Crippen molar-refractivity contribution in [3.63, 3.8) is 0 Å². The summed E-state index contributed by atoms with van der Waals surface area (Å²) in [5, 5.41) is 13.1. The van der Waals surface area contributed by atoms with Gasteiger partial charge in [-0.25, -0.2) is 13.1 Å². The van der Waals surface area contributed by atoms with Gasteiger partial charge in [0, 0.05) is 6.54 Å². The lowest BCUT2D eigenvalue weighted by Gasteiger charge is -2.09. The molecule has 0 saturated carbocycles. The Kier molecular flexibility index (Phi) is 5.72. The first-order chi connectivity index (χ1) is 10.5. The number of nitriles is 1. The van der Waals surface area contributed by atoms with Crippen LogP contribution in [0.2, 0.25) is 0 Å². The molecule has 0 aliphatic heterocycles. The van der Waals surface area contributed by atoms with Crippen molar-refractivity contribution in [1.29, 1.82) is 5.26 Å². The maximum Gasteiger partial charge on any atom is 0.240 e. The van der Waals surface area contributed by atoms with E-state index in [9.17, 15) is 13.7 Å². The Morgan fingerprint density at radius 2 is 2.00 bits per heavy atom. The normalized spacial score (nSPS) is 12.7. The van der Waals surface area contributed by atoms with Gasteiger partial charge in [0.1, 0.15) is 0 Å². The smallest absolute Gasteiger partial charge is 0.211 e. The molecule has 1 N–H and O–H groups in total. The molecule has 0 fully saturated rings. The molecule has 1 atom stereocenters. The zero-order valence-electron chi connectivity index (χ0n) is 12.3. The minimum atomic E-state index is -3.47. The summed E-state index contributed by atoms with van der Waals surface area (Å²) < 4.78 is 26.8. The van der Waals surface area contributed by atoms with Crippen LogP contribution in [0, 0.1) is 18.3 Å². The number of hydrogen-bond acceptors (Lipinski definition) is 4. The molecule has 0 bridgehead atoms. The van der Waals surface area contributed by atoms with Gasteiger partial charge in [-0.1, -0.05) is 17.7 Å². The largest absolute Gasteiger partial charge is 0.240 e. The second-order valence-electron chi connectivity index (χ2n) is 5.09. The molecule has 1 aromatic heterocycles. The fourth-order valence-electron chi connectivity index (χ4n) is 2.09. The highest BCUT2D eigenvalue weighted by Gasteiger charge is 2.14. The van der Waals surface area contributed by atoms with Gasteiger partial charge in [-0.15, -0.1) is 0 Å². The van der Waals surface area contributed by atoms with Crippen molar-refractivity contribution in [3.8, 4) is 6.07 Å². The number of rotatable bonds is 7. The molecule has 116 valence electrons. The Hall–Kier alpha value is -1.68. The molecule has 2 aromatic rings. The molecule has 0 radical (unpaired) electrons. The predicted octanol–water partition coefficient (Wildman–Crippen LogP) is 3.42. The quantitative estimate of drug-likeness (QED) is 0.789. The SMILES string of the molecule is Cc1ccc(S(=O)(=O)NCCC[C@@H](C#N)c2ccsc2)cc1. The molecule has 0 amide bonds. The molecular weight excluding hydrogens is 316 g/mol. The first-order valence-electron chi connectivity index (χ1n) is 7.01. The molecule has 2 rings (SSSR count). The molecule has 0 spiro atoms. The summed E-state index contributed by atoms with van der Waals surface area (Å²) in [6.45, 7) is 2.24. The Labute approximate surface area is 135 Å². The lowest BCUT2D eigenvalue weighted by Crippen LogP contribution is -2.25. The van der Waals surface area contributed by atoms with Crippen molar-refractivity contribution in [2.45, 2.75) is 30.6 Å². The average molecular weight is 334 g/mol. The van der Waals surface area contributed by atoms with E-state index in [1.54, 1.807) is 35.6 Å². The van der Waals surface area contributed by atoms with E-state index in [4.69, 9.17) is 0 Å². The number of sulfonamides is 1. The minimum Gasteiger partial charge on any atom is -0.211 e. The van der Waals surface area contributed by atoms with Gasteiger partial charge < -0.3 is 0 Å². The summed E-state index contributed by atoms with van der Waals surface area (Å²) in [6, 6.07) is 11.0. The number of benzene rings is 1. The monoisotopic (exact) mass is 334 g/mol. The van der Waals surface area contributed by atoms with Crippen molar-refractivity contribution in [3.05, 3.63) is 52.2 Å². The fourth-order valence-corrected chi connectivity index (χ4v) is 3.88. The van der Waals surface area contributed by atoms with Gasteiger partial charge in [-0.3, -0.25) is 0 Å². The minimum absolute atomic E-state index is 0.171. The highest BCUT2D eigenvalue weighted by molar-refractivity contribution is 7.89. The third kappa shape index (κ3) is 4.41. The molecule has 1 aromatic carbocycles. The summed E-state index contributed by atoms with van der Waals surface area (Å²) in [7, 11) is -3.47. The molecule has 4 nitrogen and oxygen atoms in total. The highest BCUT2D eigenvalue weighted by Crippen LogP contribution is 2.22. The Morgan fingerprint density at radius 3 is 2.59 bits per heavy atom. The van der Waals surface area contributed by atoms with Gasteiger partial charge in [-0.05, 0) is 54.3 Å². The van der Waals surface area contributed by atoms with E-state index < -0.39 is 10.0 Å². The summed E-state index contributed by atoms with van der Waals surface area (Å²) in [5.41, 5.74) is 2.03. The number of thiophene rings is 1.